The second kappa shape index (κ2) is 5.64. The first kappa shape index (κ1) is 15.2. The standard InChI is InChI=1S/C9H5BrClN3O4S2/c10-6-2-1-5(3-7(6)14(15)16)13-20(17,18)8-4-12-9(11)19-8/h1-4,13H. The molecule has 20 heavy (non-hydrogen) atoms. The lowest BCUT2D eigenvalue weighted by Gasteiger charge is -2.06. The second-order valence-corrected chi connectivity index (χ2v) is 7.84. The van der Waals surface area contributed by atoms with Gasteiger partial charge in [0.15, 0.2) is 8.68 Å². The second-order valence-electron chi connectivity index (χ2n) is 3.46. The number of hydrogen-bond acceptors (Lipinski definition) is 6. The van der Waals surface area contributed by atoms with Crippen molar-refractivity contribution in [3.63, 3.8) is 0 Å². The Kier molecular flexibility index (Phi) is 4.28. The molecule has 2 rings (SSSR count). The molecule has 0 atom stereocenters. The molecule has 11 heteroatoms. The molecule has 0 saturated heterocycles. The molecular weight excluding hydrogens is 394 g/mol. The van der Waals surface area contributed by atoms with Crippen LogP contribution in [0.4, 0.5) is 11.4 Å². The number of nitro benzene ring substituents is 1. The number of benzene rings is 1. The van der Waals surface area contributed by atoms with Gasteiger partial charge in [0, 0.05) is 6.07 Å². The monoisotopic (exact) mass is 397 g/mol. The molecule has 1 aromatic heterocycles. The van der Waals surface area contributed by atoms with Crippen LogP contribution in [-0.2, 0) is 10.0 Å². The quantitative estimate of drug-likeness (QED) is 0.629. The molecule has 0 amide bonds. The predicted octanol–water partition coefficient (Wildman–Crippen LogP) is 3.27. The van der Waals surface area contributed by atoms with Gasteiger partial charge in [-0.05, 0) is 28.1 Å². The van der Waals surface area contributed by atoms with E-state index < -0.39 is 14.9 Å². The number of nitrogens with one attached hydrogen (secondary N) is 1. The van der Waals surface area contributed by atoms with E-state index in [0.29, 0.717) is 0 Å². The lowest BCUT2D eigenvalue weighted by Crippen LogP contribution is -2.11. The van der Waals surface area contributed by atoms with Crippen molar-refractivity contribution in [2.24, 2.45) is 0 Å². The molecule has 106 valence electrons. The van der Waals surface area contributed by atoms with Gasteiger partial charge >= 0.3 is 0 Å². The Morgan fingerprint density at radius 3 is 2.70 bits per heavy atom. The minimum Gasteiger partial charge on any atom is -0.279 e. The highest BCUT2D eigenvalue weighted by atomic mass is 79.9. The summed E-state index contributed by atoms with van der Waals surface area (Å²) in [5.74, 6) is 0. The Balaban J connectivity index is 2.35. The van der Waals surface area contributed by atoms with Crippen LogP contribution in [0.2, 0.25) is 4.47 Å². The lowest BCUT2D eigenvalue weighted by molar-refractivity contribution is -0.385. The minimum absolute atomic E-state index is 0.0735. The van der Waals surface area contributed by atoms with Gasteiger partial charge in [-0.15, -0.1) is 0 Å². The number of thiazole rings is 1. The Morgan fingerprint density at radius 2 is 2.15 bits per heavy atom. The van der Waals surface area contributed by atoms with Gasteiger partial charge in [-0.1, -0.05) is 22.9 Å². The number of nitrogens with zero attached hydrogens (tertiary/aromatic N) is 2. The summed E-state index contributed by atoms with van der Waals surface area (Å²) in [6.45, 7) is 0. The van der Waals surface area contributed by atoms with Crippen LogP contribution in [0.1, 0.15) is 0 Å². The van der Waals surface area contributed by atoms with Crippen molar-refractivity contribution < 1.29 is 13.3 Å². The molecular formula is C9H5BrClN3O4S2. The van der Waals surface area contributed by atoms with E-state index in [9.17, 15) is 18.5 Å². The number of sulfonamides is 1. The van der Waals surface area contributed by atoms with E-state index in [2.05, 4.69) is 25.6 Å². The van der Waals surface area contributed by atoms with Crippen molar-refractivity contribution in [1.29, 1.82) is 0 Å². The van der Waals surface area contributed by atoms with Gasteiger partial charge in [0.1, 0.15) is 0 Å². The molecule has 0 aliphatic carbocycles. The van der Waals surface area contributed by atoms with Gasteiger partial charge in [0.25, 0.3) is 15.7 Å². The highest BCUT2D eigenvalue weighted by Gasteiger charge is 2.20. The summed E-state index contributed by atoms with van der Waals surface area (Å²) in [5.41, 5.74) is -0.169. The van der Waals surface area contributed by atoms with E-state index in [0.717, 1.165) is 23.6 Å². The maximum Gasteiger partial charge on any atom is 0.285 e. The molecule has 0 radical (unpaired) electrons. The van der Waals surface area contributed by atoms with Crippen LogP contribution in [0.25, 0.3) is 0 Å². The topological polar surface area (TPSA) is 102 Å². The Bertz CT molecular complexity index is 777. The molecule has 0 fully saturated rings. The molecule has 0 aliphatic rings. The van der Waals surface area contributed by atoms with Crippen molar-refractivity contribution >= 4 is 60.3 Å². The van der Waals surface area contributed by atoms with Gasteiger partial charge in [-0.25, -0.2) is 13.4 Å². The maximum atomic E-state index is 12.0. The molecule has 0 bridgehead atoms. The number of anilines is 1. The fourth-order valence-corrected chi connectivity index (χ4v) is 4.02. The van der Waals surface area contributed by atoms with E-state index in [4.69, 9.17) is 11.6 Å². The van der Waals surface area contributed by atoms with Crippen LogP contribution in [0.3, 0.4) is 0 Å². The first-order valence-corrected chi connectivity index (χ1v) is 8.35. The zero-order valence-electron chi connectivity index (χ0n) is 9.41. The zero-order valence-corrected chi connectivity index (χ0v) is 13.4. The molecule has 0 saturated carbocycles. The molecule has 2 aromatic rings. The highest BCUT2D eigenvalue weighted by Crippen LogP contribution is 2.30. The number of rotatable bonds is 4. The molecule has 7 nitrogen and oxygen atoms in total. The molecule has 0 spiro atoms. The minimum atomic E-state index is -3.86. The van der Waals surface area contributed by atoms with Crippen LogP contribution in [0.15, 0.2) is 33.1 Å². The Morgan fingerprint density at radius 1 is 1.45 bits per heavy atom. The van der Waals surface area contributed by atoms with Crippen molar-refractivity contribution in [1.82, 2.24) is 4.98 Å². The van der Waals surface area contributed by atoms with Crippen LogP contribution < -0.4 is 4.72 Å². The average Bonchev–Trinajstić information content (AvgIpc) is 2.78. The summed E-state index contributed by atoms with van der Waals surface area (Å²) >= 11 is 9.38. The van der Waals surface area contributed by atoms with Gasteiger partial charge in [0.05, 0.1) is 21.3 Å². The van der Waals surface area contributed by atoms with Gasteiger partial charge < -0.3 is 0 Å². The SMILES string of the molecule is O=[N+]([O-])c1cc(NS(=O)(=O)c2cnc(Cl)s2)ccc1Br. The van der Waals surface area contributed by atoms with Crippen LogP contribution in [0, 0.1) is 10.1 Å². The van der Waals surface area contributed by atoms with Crippen molar-refractivity contribution in [3.8, 4) is 0 Å². The third-order valence-electron chi connectivity index (χ3n) is 2.12. The average molecular weight is 399 g/mol. The summed E-state index contributed by atoms with van der Waals surface area (Å²) in [6, 6.07) is 3.90. The summed E-state index contributed by atoms with van der Waals surface area (Å²) in [5, 5.41) is 10.8. The van der Waals surface area contributed by atoms with E-state index in [1.807, 2.05) is 0 Å². The number of hydrogen-bond donors (Lipinski definition) is 1. The van der Waals surface area contributed by atoms with Gasteiger partial charge in [-0.2, -0.15) is 0 Å². The zero-order chi connectivity index (χ0) is 14.9. The fraction of sp³-hybridized carbons (Fsp3) is 0. The normalized spacial score (nSPS) is 11.3. The van der Waals surface area contributed by atoms with Crippen molar-refractivity contribution in [2.75, 3.05) is 4.72 Å². The first-order valence-electron chi connectivity index (χ1n) is 4.88. The molecule has 1 aromatic carbocycles. The summed E-state index contributed by atoms with van der Waals surface area (Å²) in [4.78, 5) is 13.8. The Hall–Kier alpha value is -1.23. The lowest BCUT2D eigenvalue weighted by atomic mass is 10.3. The third-order valence-corrected chi connectivity index (χ3v) is 5.74. The highest BCUT2D eigenvalue weighted by molar-refractivity contribution is 9.10. The summed E-state index contributed by atoms with van der Waals surface area (Å²) in [7, 11) is -3.86. The summed E-state index contributed by atoms with van der Waals surface area (Å²) in [6.07, 6.45) is 1.11. The van der Waals surface area contributed by atoms with Crippen molar-refractivity contribution in [3.05, 3.63) is 43.4 Å². The van der Waals surface area contributed by atoms with E-state index >= 15 is 0 Å². The molecule has 1 N–H and O–H groups in total. The number of aromatic nitrogens is 1. The van der Waals surface area contributed by atoms with E-state index in [-0.39, 0.29) is 24.5 Å². The van der Waals surface area contributed by atoms with Crippen LogP contribution in [0.5, 0.6) is 0 Å². The third kappa shape index (κ3) is 3.26. The van der Waals surface area contributed by atoms with E-state index in [1.54, 1.807) is 0 Å². The number of halogens is 2. The van der Waals surface area contributed by atoms with Gasteiger partial charge in [-0.3, -0.25) is 14.8 Å². The summed E-state index contributed by atoms with van der Waals surface area (Å²) < 4.78 is 26.5. The Labute approximate surface area is 130 Å². The molecule has 1 heterocycles. The molecule has 0 aliphatic heterocycles. The molecule has 0 unspecified atom stereocenters. The van der Waals surface area contributed by atoms with Crippen LogP contribution in [-0.4, -0.2) is 18.3 Å². The van der Waals surface area contributed by atoms with Gasteiger partial charge in [0.2, 0.25) is 0 Å². The van der Waals surface area contributed by atoms with E-state index in [1.165, 1.54) is 12.1 Å². The number of nitro groups is 1. The largest absolute Gasteiger partial charge is 0.285 e. The smallest absolute Gasteiger partial charge is 0.279 e. The maximum absolute atomic E-state index is 12.0. The predicted molar refractivity (Wildman–Crippen MR) is 78.7 cm³/mol. The van der Waals surface area contributed by atoms with Crippen molar-refractivity contribution in [2.45, 2.75) is 4.21 Å². The first-order chi connectivity index (χ1) is 9.29. The fourth-order valence-electron chi connectivity index (χ4n) is 1.28. The van der Waals surface area contributed by atoms with Crippen LogP contribution >= 0.6 is 38.9 Å².